The SMILES string of the molecule is CCCCSc1cc(NC)nc(C(F)(F)F)n1. The summed E-state index contributed by atoms with van der Waals surface area (Å²) in [5.74, 6) is -0.150. The van der Waals surface area contributed by atoms with E-state index in [1.165, 1.54) is 24.9 Å². The second kappa shape index (κ2) is 6.09. The standard InChI is InChI=1S/C10H14F3N3S/c1-3-4-5-17-8-6-7(14-2)15-9(16-8)10(11,12)13/h6H,3-5H2,1-2H3,(H,14,15,16). The lowest BCUT2D eigenvalue weighted by Gasteiger charge is -2.09. The molecule has 0 aliphatic rings. The Morgan fingerprint density at radius 2 is 2.06 bits per heavy atom. The number of anilines is 1. The molecule has 17 heavy (non-hydrogen) atoms. The first-order valence-electron chi connectivity index (χ1n) is 5.24. The Morgan fingerprint density at radius 3 is 2.59 bits per heavy atom. The fourth-order valence-corrected chi connectivity index (χ4v) is 2.06. The molecule has 0 radical (unpaired) electrons. The van der Waals surface area contributed by atoms with E-state index in [1.54, 1.807) is 0 Å². The third-order valence-electron chi connectivity index (χ3n) is 1.96. The average Bonchev–Trinajstić information content (AvgIpc) is 2.28. The van der Waals surface area contributed by atoms with Gasteiger partial charge in [-0.15, -0.1) is 11.8 Å². The van der Waals surface area contributed by atoms with Crippen LogP contribution in [0.15, 0.2) is 11.1 Å². The summed E-state index contributed by atoms with van der Waals surface area (Å²) in [6, 6.07) is 1.52. The molecule has 0 saturated carbocycles. The molecule has 1 rings (SSSR count). The molecule has 1 aromatic rings. The van der Waals surface area contributed by atoms with Crippen LogP contribution in [0.25, 0.3) is 0 Å². The third-order valence-corrected chi connectivity index (χ3v) is 2.96. The second-order valence-electron chi connectivity index (χ2n) is 3.36. The second-order valence-corrected chi connectivity index (χ2v) is 4.48. The lowest BCUT2D eigenvalue weighted by molar-refractivity contribution is -0.145. The van der Waals surface area contributed by atoms with Crippen molar-refractivity contribution in [3.05, 3.63) is 11.9 Å². The number of nitrogens with one attached hydrogen (secondary N) is 1. The molecule has 0 aliphatic carbocycles. The molecule has 96 valence electrons. The van der Waals surface area contributed by atoms with Crippen LogP contribution in [0.3, 0.4) is 0 Å². The molecule has 0 fully saturated rings. The summed E-state index contributed by atoms with van der Waals surface area (Å²) in [5.41, 5.74) is 0. The van der Waals surface area contributed by atoms with Crippen LogP contribution < -0.4 is 5.32 Å². The van der Waals surface area contributed by atoms with Crippen LogP contribution in [0.2, 0.25) is 0 Å². The number of halogens is 3. The predicted molar refractivity (Wildman–Crippen MR) is 62.2 cm³/mol. The van der Waals surface area contributed by atoms with Gasteiger partial charge in [-0.05, 0) is 12.2 Å². The van der Waals surface area contributed by atoms with Crippen molar-refractivity contribution in [3.63, 3.8) is 0 Å². The summed E-state index contributed by atoms with van der Waals surface area (Å²) in [6.07, 6.45) is -2.55. The Hall–Kier alpha value is -0.980. The molecule has 0 bridgehead atoms. The van der Waals surface area contributed by atoms with Crippen LogP contribution in [0, 0.1) is 0 Å². The van der Waals surface area contributed by atoms with Crippen molar-refractivity contribution in [3.8, 4) is 0 Å². The summed E-state index contributed by atoms with van der Waals surface area (Å²) < 4.78 is 37.5. The fourth-order valence-electron chi connectivity index (χ4n) is 1.07. The molecular formula is C10H14F3N3S. The Kier molecular flexibility index (Phi) is 5.04. The van der Waals surface area contributed by atoms with Gasteiger partial charge in [-0.25, -0.2) is 9.97 Å². The molecule has 0 atom stereocenters. The van der Waals surface area contributed by atoms with Crippen LogP contribution >= 0.6 is 11.8 Å². The summed E-state index contributed by atoms with van der Waals surface area (Å²) in [7, 11) is 1.53. The highest BCUT2D eigenvalue weighted by atomic mass is 32.2. The normalized spacial score (nSPS) is 11.6. The molecular weight excluding hydrogens is 251 g/mol. The van der Waals surface area contributed by atoms with Crippen molar-refractivity contribution in [1.29, 1.82) is 0 Å². The van der Waals surface area contributed by atoms with Crippen molar-refractivity contribution < 1.29 is 13.2 Å². The number of alkyl halides is 3. The molecule has 1 aromatic heterocycles. The van der Waals surface area contributed by atoms with Gasteiger partial charge in [0.1, 0.15) is 10.8 Å². The van der Waals surface area contributed by atoms with Crippen LogP contribution in [0.5, 0.6) is 0 Å². The Morgan fingerprint density at radius 1 is 1.35 bits per heavy atom. The van der Waals surface area contributed by atoms with Gasteiger partial charge in [0.05, 0.1) is 0 Å². The highest BCUT2D eigenvalue weighted by Crippen LogP contribution is 2.29. The van der Waals surface area contributed by atoms with Crippen molar-refractivity contribution >= 4 is 17.6 Å². The molecule has 3 nitrogen and oxygen atoms in total. The van der Waals surface area contributed by atoms with Crippen LogP contribution in [0.1, 0.15) is 25.6 Å². The smallest absolute Gasteiger partial charge is 0.373 e. The van der Waals surface area contributed by atoms with Crippen molar-refractivity contribution in [2.75, 3.05) is 18.1 Å². The molecule has 0 aromatic carbocycles. The largest absolute Gasteiger partial charge is 0.451 e. The van der Waals surface area contributed by atoms with Gasteiger partial charge in [-0.1, -0.05) is 13.3 Å². The van der Waals surface area contributed by atoms with Crippen molar-refractivity contribution in [2.45, 2.75) is 31.0 Å². The number of hydrogen-bond acceptors (Lipinski definition) is 4. The topological polar surface area (TPSA) is 37.8 Å². The third kappa shape index (κ3) is 4.41. The van der Waals surface area contributed by atoms with Crippen molar-refractivity contribution in [2.24, 2.45) is 0 Å². The van der Waals surface area contributed by atoms with Gasteiger partial charge >= 0.3 is 6.18 Å². The van der Waals surface area contributed by atoms with E-state index in [-0.39, 0.29) is 5.82 Å². The van der Waals surface area contributed by atoms with E-state index in [4.69, 9.17) is 0 Å². The Bertz CT molecular complexity index is 368. The number of aromatic nitrogens is 2. The zero-order valence-corrected chi connectivity index (χ0v) is 10.5. The molecule has 0 amide bonds. The molecule has 0 unspecified atom stereocenters. The van der Waals surface area contributed by atoms with Gasteiger partial charge < -0.3 is 5.32 Å². The molecule has 1 heterocycles. The summed E-state index contributed by atoms with van der Waals surface area (Å²) in [6.45, 7) is 2.03. The van der Waals surface area contributed by atoms with Gasteiger partial charge in [-0.3, -0.25) is 0 Å². The molecule has 1 N–H and O–H groups in total. The molecule has 0 aliphatic heterocycles. The van der Waals surface area contributed by atoms with Crippen LogP contribution in [0.4, 0.5) is 19.0 Å². The monoisotopic (exact) mass is 265 g/mol. The van der Waals surface area contributed by atoms with Gasteiger partial charge in [-0.2, -0.15) is 13.2 Å². The van der Waals surface area contributed by atoms with E-state index < -0.39 is 12.0 Å². The maximum Gasteiger partial charge on any atom is 0.451 e. The molecule has 0 saturated heterocycles. The lowest BCUT2D eigenvalue weighted by atomic mass is 10.4. The van der Waals surface area contributed by atoms with E-state index in [2.05, 4.69) is 15.3 Å². The Labute approximate surface area is 102 Å². The maximum atomic E-state index is 12.5. The summed E-state index contributed by atoms with van der Waals surface area (Å²) >= 11 is 1.31. The Balaban J connectivity index is 2.89. The van der Waals surface area contributed by atoms with E-state index in [0.717, 1.165) is 18.6 Å². The average molecular weight is 265 g/mol. The van der Waals surface area contributed by atoms with Crippen LogP contribution in [-0.2, 0) is 6.18 Å². The molecule has 0 spiro atoms. The quantitative estimate of drug-likeness (QED) is 0.503. The minimum Gasteiger partial charge on any atom is -0.373 e. The minimum atomic E-state index is -4.51. The summed E-state index contributed by atoms with van der Waals surface area (Å²) in [5, 5.41) is 2.96. The van der Waals surface area contributed by atoms with Gasteiger partial charge in [0.25, 0.3) is 0 Å². The first-order valence-corrected chi connectivity index (χ1v) is 6.22. The zero-order valence-electron chi connectivity index (χ0n) is 9.64. The lowest BCUT2D eigenvalue weighted by Crippen LogP contribution is -2.12. The zero-order chi connectivity index (χ0) is 12.9. The van der Waals surface area contributed by atoms with E-state index in [9.17, 15) is 13.2 Å². The van der Waals surface area contributed by atoms with E-state index >= 15 is 0 Å². The fraction of sp³-hybridized carbons (Fsp3) is 0.600. The number of rotatable bonds is 5. The van der Waals surface area contributed by atoms with Crippen LogP contribution in [-0.4, -0.2) is 22.8 Å². The van der Waals surface area contributed by atoms with Crippen molar-refractivity contribution in [1.82, 2.24) is 9.97 Å². The van der Waals surface area contributed by atoms with Gasteiger partial charge in [0.15, 0.2) is 0 Å². The predicted octanol–water partition coefficient (Wildman–Crippen LogP) is 3.43. The maximum absolute atomic E-state index is 12.5. The highest BCUT2D eigenvalue weighted by molar-refractivity contribution is 7.99. The first kappa shape index (κ1) is 14.1. The number of hydrogen-bond donors (Lipinski definition) is 1. The van der Waals surface area contributed by atoms with Gasteiger partial charge in [0, 0.05) is 13.1 Å². The van der Waals surface area contributed by atoms with Gasteiger partial charge in [0.2, 0.25) is 5.82 Å². The van der Waals surface area contributed by atoms with E-state index in [0.29, 0.717) is 5.03 Å². The first-order chi connectivity index (χ1) is 7.97. The number of nitrogens with zero attached hydrogens (tertiary/aromatic N) is 2. The number of thioether (sulfide) groups is 1. The molecule has 7 heteroatoms. The highest BCUT2D eigenvalue weighted by Gasteiger charge is 2.35. The minimum absolute atomic E-state index is 0.186. The summed E-state index contributed by atoms with van der Waals surface area (Å²) in [4.78, 5) is 6.90. The van der Waals surface area contributed by atoms with E-state index in [1.807, 2.05) is 6.92 Å². The number of unbranched alkanes of at least 4 members (excludes halogenated alkanes) is 1.